The summed E-state index contributed by atoms with van der Waals surface area (Å²) < 4.78 is 1.98. The molecule has 1 aliphatic carbocycles. The molecular formula is C24H25ClN4O. The molecule has 1 amide bonds. The average Bonchev–Trinajstić information content (AvgIpc) is 3.37. The second-order valence-corrected chi connectivity index (χ2v) is 8.51. The fraction of sp³-hybridized carbons (Fsp3) is 0.333. The lowest BCUT2D eigenvalue weighted by molar-refractivity contribution is 0.0621. The monoisotopic (exact) mass is 420 g/mol. The van der Waals surface area contributed by atoms with Crippen LogP contribution < -0.4 is 0 Å². The predicted octanol–water partition coefficient (Wildman–Crippen LogP) is 3.97. The summed E-state index contributed by atoms with van der Waals surface area (Å²) in [6.45, 7) is 4.04. The molecule has 5 rings (SSSR count). The van der Waals surface area contributed by atoms with Gasteiger partial charge < -0.3 is 4.90 Å². The van der Waals surface area contributed by atoms with Crippen LogP contribution in [0.15, 0.2) is 54.6 Å². The zero-order valence-electron chi connectivity index (χ0n) is 16.9. The van der Waals surface area contributed by atoms with Gasteiger partial charge >= 0.3 is 0 Å². The Morgan fingerprint density at radius 3 is 2.53 bits per heavy atom. The summed E-state index contributed by atoms with van der Waals surface area (Å²) >= 11 is 6.11. The summed E-state index contributed by atoms with van der Waals surface area (Å²) in [5.41, 5.74) is 5.23. The van der Waals surface area contributed by atoms with E-state index in [0.29, 0.717) is 5.69 Å². The van der Waals surface area contributed by atoms with E-state index < -0.39 is 0 Å². The lowest BCUT2D eigenvalue weighted by Crippen LogP contribution is -2.48. The highest BCUT2D eigenvalue weighted by Gasteiger charge is 2.31. The first-order valence-electron chi connectivity index (χ1n) is 10.6. The Labute approximate surface area is 181 Å². The molecule has 2 aromatic carbocycles. The molecule has 2 heterocycles. The van der Waals surface area contributed by atoms with Crippen molar-refractivity contribution < 1.29 is 4.79 Å². The fourth-order valence-electron chi connectivity index (χ4n) is 4.54. The predicted molar refractivity (Wildman–Crippen MR) is 118 cm³/mol. The summed E-state index contributed by atoms with van der Waals surface area (Å²) in [4.78, 5) is 17.7. The minimum Gasteiger partial charge on any atom is -0.335 e. The Morgan fingerprint density at radius 1 is 0.967 bits per heavy atom. The van der Waals surface area contributed by atoms with Crippen molar-refractivity contribution in [3.8, 4) is 5.69 Å². The molecular weight excluding hydrogens is 396 g/mol. The van der Waals surface area contributed by atoms with Gasteiger partial charge in [-0.15, -0.1) is 0 Å². The molecule has 1 saturated heterocycles. The van der Waals surface area contributed by atoms with Crippen molar-refractivity contribution in [2.45, 2.75) is 25.8 Å². The van der Waals surface area contributed by atoms with Gasteiger partial charge in [-0.25, -0.2) is 4.68 Å². The smallest absolute Gasteiger partial charge is 0.274 e. The van der Waals surface area contributed by atoms with E-state index in [1.165, 1.54) is 11.3 Å². The van der Waals surface area contributed by atoms with Crippen LogP contribution in [0.3, 0.4) is 0 Å². The molecule has 1 aromatic heterocycles. The minimum atomic E-state index is 0.0743. The van der Waals surface area contributed by atoms with Crippen molar-refractivity contribution in [3.63, 3.8) is 0 Å². The first-order valence-corrected chi connectivity index (χ1v) is 11.0. The molecule has 30 heavy (non-hydrogen) atoms. The number of nitrogens with zero attached hydrogens (tertiary/aromatic N) is 4. The van der Waals surface area contributed by atoms with E-state index in [9.17, 15) is 4.79 Å². The molecule has 0 saturated carbocycles. The SMILES string of the molecule is O=C(c1nn(-c2ccccc2)c2c1CCC2)N1CCN(Cc2cccc(Cl)c2)CC1. The molecule has 5 nitrogen and oxygen atoms in total. The second-order valence-electron chi connectivity index (χ2n) is 8.07. The quantitative estimate of drug-likeness (QED) is 0.641. The number of fused-ring (bicyclic) bond motifs is 1. The number of hydrogen-bond acceptors (Lipinski definition) is 3. The van der Waals surface area contributed by atoms with E-state index in [0.717, 1.165) is 68.3 Å². The Kier molecular flexibility index (Phi) is 5.32. The van der Waals surface area contributed by atoms with Crippen molar-refractivity contribution in [3.05, 3.63) is 82.1 Å². The Balaban J connectivity index is 1.29. The van der Waals surface area contributed by atoms with Crippen LogP contribution in [-0.2, 0) is 19.4 Å². The summed E-state index contributed by atoms with van der Waals surface area (Å²) in [5.74, 6) is 0.0743. The third-order valence-electron chi connectivity index (χ3n) is 6.09. The topological polar surface area (TPSA) is 41.4 Å². The highest BCUT2D eigenvalue weighted by atomic mass is 35.5. The Hall–Kier alpha value is -2.63. The van der Waals surface area contributed by atoms with Crippen molar-refractivity contribution in [1.82, 2.24) is 19.6 Å². The van der Waals surface area contributed by atoms with E-state index in [1.54, 1.807) is 0 Å². The Bertz CT molecular complexity index is 1050. The number of rotatable bonds is 4. The minimum absolute atomic E-state index is 0.0743. The maximum absolute atomic E-state index is 13.3. The number of benzene rings is 2. The molecule has 154 valence electrons. The number of aromatic nitrogens is 2. The second kappa shape index (κ2) is 8.25. The lowest BCUT2D eigenvalue weighted by atomic mass is 10.1. The number of hydrogen-bond donors (Lipinski definition) is 0. The van der Waals surface area contributed by atoms with Gasteiger partial charge in [0.15, 0.2) is 5.69 Å². The van der Waals surface area contributed by atoms with Crippen LogP contribution in [0.5, 0.6) is 0 Å². The summed E-state index contributed by atoms with van der Waals surface area (Å²) in [5, 5.41) is 5.54. The molecule has 0 unspecified atom stereocenters. The van der Waals surface area contributed by atoms with E-state index in [4.69, 9.17) is 16.7 Å². The number of para-hydroxylation sites is 1. The molecule has 0 bridgehead atoms. The molecule has 2 aliphatic rings. The molecule has 6 heteroatoms. The number of amides is 1. The van der Waals surface area contributed by atoms with Gasteiger partial charge in [0.05, 0.1) is 5.69 Å². The van der Waals surface area contributed by atoms with Gasteiger partial charge in [-0.1, -0.05) is 41.9 Å². The number of carbonyl (C=O) groups excluding carboxylic acids is 1. The Morgan fingerprint density at radius 2 is 1.77 bits per heavy atom. The van der Waals surface area contributed by atoms with Crippen molar-refractivity contribution in [2.75, 3.05) is 26.2 Å². The van der Waals surface area contributed by atoms with Gasteiger partial charge in [-0.2, -0.15) is 5.10 Å². The van der Waals surface area contributed by atoms with Gasteiger partial charge in [-0.3, -0.25) is 9.69 Å². The zero-order valence-corrected chi connectivity index (χ0v) is 17.7. The first kappa shape index (κ1) is 19.3. The summed E-state index contributed by atoms with van der Waals surface area (Å²) in [7, 11) is 0. The van der Waals surface area contributed by atoms with Crippen molar-refractivity contribution in [2.24, 2.45) is 0 Å². The normalized spacial score (nSPS) is 16.6. The van der Waals surface area contributed by atoms with Crippen LogP contribution in [0.1, 0.15) is 33.7 Å². The van der Waals surface area contributed by atoms with Gasteiger partial charge in [0, 0.05) is 49.0 Å². The van der Waals surface area contributed by atoms with Crippen LogP contribution in [0.4, 0.5) is 0 Å². The van der Waals surface area contributed by atoms with E-state index in [1.807, 2.05) is 46.0 Å². The average molecular weight is 421 g/mol. The fourth-order valence-corrected chi connectivity index (χ4v) is 4.76. The van der Waals surface area contributed by atoms with Crippen LogP contribution >= 0.6 is 11.6 Å². The van der Waals surface area contributed by atoms with Gasteiger partial charge in [0.1, 0.15) is 0 Å². The molecule has 3 aromatic rings. The van der Waals surface area contributed by atoms with Crippen LogP contribution in [-0.4, -0.2) is 51.7 Å². The van der Waals surface area contributed by atoms with Gasteiger partial charge in [0.2, 0.25) is 0 Å². The van der Waals surface area contributed by atoms with E-state index in [2.05, 4.69) is 23.1 Å². The lowest BCUT2D eigenvalue weighted by Gasteiger charge is -2.34. The third kappa shape index (κ3) is 3.75. The highest BCUT2D eigenvalue weighted by Crippen LogP contribution is 2.29. The first-order chi connectivity index (χ1) is 14.7. The molecule has 0 N–H and O–H groups in total. The van der Waals surface area contributed by atoms with Crippen LogP contribution in [0, 0.1) is 0 Å². The maximum atomic E-state index is 13.3. The van der Waals surface area contributed by atoms with Crippen molar-refractivity contribution >= 4 is 17.5 Å². The van der Waals surface area contributed by atoms with Gasteiger partial charge in [0.25, 0.3) is 5.91 Å². The van der Waals surface area contributed by atoms with E-state index >= 15 is 0 Å². The number of carbonyl (C=O) groups is 1. The number of halogens is 1. The highest BCUT2D eigenvalue weighted by molar-refractivity contribution is 6.30. The largest absolute Gasteiger partial charge is 0.335 e. The molecule has 0 atom stereocenters. The number of piperazine rings is 1. The van der Waals surface area contributed by atoms with Gasteiger partial charge in [-0.05, 0) is 49.1 Å². The summed E-state index contributed by atoms with van der Waals surface area (Å²) in [6, 6.07) is 18.1. The van der Waals surface area contributed by atoms with Crippen LogP contribution in [0.2, 0.25) is 5.02 Å². The van der Waals surface area contributed by atoms with Crippen molar-refractivity contribution in [1.29, 1.82) is 0 Å². The van der Waals surface area contributed by atoms with E-state index in [-0.39, 0.29) is 5.91 Å². The maximum Gasteiger partial charge on any atom is 0.274 e. The molecule has 1 fully saturated rings. The summed E-state index contributed by atoms with van der Waals surface area (Å²) in [6.07, 6.45) is 3.02. The van der Waals surface area contributed by atoms with Crippen LogP contribution in [0.25, 0.3) is 5.69 Å². The molecule has 1 aliphatic heterocycles. The molecule has 0 spiro atoms. The standard InChI is InChI=1S/C24H25ClN4O/c25-19-7-4-6-18(16-19)17-27-12-14-28(15-13-27)24(30)23-21-10-5-11-22(21)29(26-23)20-8-2-1-3-9-20/h1-4,6-9,16H,5,10-15,17H2. The zero-order chi connectivity index (χ0) is 20.5. The molecule has 0 radical (unpaired) electrons. The third-order valence-corrected chi connectivity index (χ3v) is 6.32.